The molecule has 1 atom stereocenters. The molecule has 0 aromatic heterocycles. The molecule has 0 fully saturated rings. The summed E-state index contributed by atoms with van der Waals surface area (Å²) in [6.45, 7) is 1.42. The van der Waals surface area contributed by atoms with Gasteiger partial charge in [-0.05, 0) is 37.4 Å². The highest BCUT2D eigenvalue weighted by Gasteiger charge is 2.12. The second kappa shape index (κ2) is 6.87. The van der Waals surface area contributed by atoms with Crippen LogP contribution in [0, 0.1) is 0 Å². The number of fused-ring (bicyclic) bond motifs is 1. The zero-order valence-corrected chi connectivity index (χ0v) is 11.3. The lowest BCUT2D eigenvalue weighted by Crippen LogP contribution is -2.29. The van der Waals surface area contributed by atoms with Crippen molar-refractivity contribution in [3.63, 3.8) is 0 Å². The van der Waals surface area contributed by atoms with Crippen LogP contribution in [0.2, 0.25) is 0 Å². The molecule has 0 aliphatic carbocycles. The van der Waals surface area contributed by atoms with Crippen LogP contribution in [0.3, 0.4) is 0 Å². The van der Waals surface area contributed by atoms with Crippen LogP contribution in [-0.2, 0) is 0 Å². The number of ether oxygens (including phenoxy) is 2. The summed E-state index contributed by atoms with van der Waals surface area (Å²) in [6, 6.07) is 6.20. The number of thioether (sulfide) groups is 1. The van der Waals surface area contributed by atoms with E-state index in [9.17, 15) is 0 Å². The Labute approximate surface area is 112 Å². The van der Waals surface area contributed by atoms with Crippen LogP contribution in [0.5, 0.6) is 11.5 Å². The fourth-order valence-corrected chi connectivity index (χ4v) is 2.75. The van der Waals surface area contributed by atoms with Gasteiger partial charge < -0.3 is 19.9 Å². The first-order valence-electron chi connectivity index (χ1n) is 6.14. The number of hydrogen-bond donors (Lipinski definition) is 2. The van der Waals surface area contributed by atoms with Crippen LogP contribution < -0.4 is 14.8 Å². The fourth-order valence-electron chi connectivity index (χ4n) is 1.76. The lowest BCUT2D eigenvalue weighted by molar-refractivity contribution is 0.171. The van der Waals surface area contributed by atoms with E-state index in [1.165, 1.54) is 4.90 Å². The Kier molecular flexibility index (Phi) is 5.16. The summed E-state index contributed by atoms with van der Waals surface area (Å²) in [5, 5.41) is 12.2. The Morgan fingerprint density at radius 1 is 1.33 bits per heavy atom. The number of rotatable bonds is 6. The monoisotopic (exact) mass is 269 g/mol. The minimum Gasteiger partial charge on any atom is -0.486 e. The number of likely N-dealkylation sites (N-methyl/N-ethyl adjacent to an activating group) is 1. The molecule has 18 heavy (non-hydrogen) atoms. The minimum atomic E-state index is 0.176. The molecule has 1 aliphatic rings. The highest BCUT2D eigenvalue weighted by molar-refractivity contribution is 7.99. The molecule has 4 nitrogen and oxygen atoms in total. The zero-order valence-electron chi connectivity index (χ0n) is 10.5. The van der Waals surface area contributed by atoms with Gasteiger partial charge in [0.2, 0.25) is 0 Å². The predicted molar refractivity (Wildman–Crippen MR) is 72.7 cm³/mol. The van der Waals surface area contributed by atoms with Crippen LogP contribution in [-0.4, -0.2) is 43.8 Å². The van der Waals surface area contributed by atoms with Gasteiger partial charge in [-0.25, -0.2) is 0 Å². The maximum atomic E-state index is 9.07. The van der Waals surface area contributed by atoms with E-state index in [1.54, 1.807) is 11.8 Å². The molecular formula is C13H19NO3S. The second-order valence-electron chi connectivity index (χ2n) is 4.11. The molecule has 0 amide bonds. The molecule has 0 saturated heterocycles. The first-order chi connectivity index (χ1) is 8.83. The van der Waals surface area contributed by atoms with Gasteiger partial charge in [0.25, 0.3) is 0 Å². The van der Waals surface area contributed by atoms with Crippen LogP contribution in [0.25, 0.3) is 0 Å². The van der Waals surface area contributed by atoms with E-state index in [4.69, 9.17) is 14.6 Å². The van der Waals surface area contributed by atoms with Gasteiger partial charge in [-0.15, -0.1) is 11.8 Å². The summed E-state index contributed by atoms with van der Waals surface area (Å²) in [5.74, 6) is 2.62. The van der Waals surface area contributed by atoms with Gasteiger partial charge >= 0.3 is 0 Å². The molecule has 100 valence electrons. The maximum absolute atomic E-state index is 9.07. The van der Waals surface area contributed by atoms with Crippen LogP contribution in [0.15, 0.2) is 23.1 Å². The van der Waals surface area contributed by atoms with E-state index in [2.05, 4.69) is 5.32 Å². The van der Waals surface area contributed by atoms with Gasteiger partial charge in [-0.2, -0.15) is 0 Å². The lowest BCUT2D eigenvalue weighted by Gasteiger charge is -2.19. The average Bonchev–Trinajstić information content (AvgIpc) is 2.43. The van der Waals surface area contributed by atoms with Crippen molar-refractivity contribution in [3.05, 3.63) is 18.2 Å². The number of nitrogens with one attached hydrogen (secondary N) is 1. The molecule has 1 unspecified atom stereocenters. The molecule has 1 aliphatic heterocycles. The van der Waals surface area contributed by atoms with E-state index < -0.39 is 0 Å². The molecule has 1 heterocycles. The lowest BCUT2D eigenvalue weighted by atomic mass is 10.2. The molecule has 1 aromatic carbocycles. The van der Waals surface area contributed by atoms with Gasteiger partial charge in [0.15, 0.2) is 11.5 Å². The predicted octanol–water partition coefficient (Wildman–Crippen LogP) is 1.52. The van der Waals surface area contributed by atoms with Crippen molar-refractivity contribution in [3.8, 4) is 11.5 Å². The van der Waals surface area contributed by atoms with Gasteiger partial charge in [0.05, 0.1) is 6.61 Å². The molecule has 2 N–H and O–H groups in total. The number of benzene rings is 1. The third-order valence-corrected chi connectivity index (χ3v) is 3.90. The van der Waals surface area contributed by atoms with Gasteiger partial charge in [0.1, 0.15) is 13.2 Å². The average molecular weight is 269 g/mol. The third kappa shape index (κ3) is 3.54. The molecule has 1 aromatic rings. The Bertz CT molecular complexity index is 382. The quantitative estimate of drug-likeness (QED) is 0.767. The molecule has 0 radical (unpaired) electrons. The normalized spacial score (nSPS) is 15.4. The highest BCUT2D eigenvalue weighted by Crippen LogP contribution is 2.34. The molecule has 0 saturated carbocycles. The number of aliphatic hydroxyl groups is 1. The summed E-state index contributed by atoms with van der Waals surface area (Å²) in [4.78, 5) is 1.17. The summed E-state index contributed by atoms with van der Waals surface area (Å²) >= 11 is 1.77. The minimum absolute atomic E-state index is 0.176. The third-order valence-electron chi connectivity index (χ3n) is 2.88. The first kappa shape index (κ1) is 13.5. The van der Waals surface area contributed by atoms with Gasteiger partial charge in [0, 0.05) is 10.9 Å². The zero-order chi connectivity index (χ0) is 12.8. The first-order valence-corrected chi connectivity index (χ1v) is 7.12. The molecule has 0 spiro atoms. The number of hydrogen-bond acceptors (Lipinski definition) is 5. The summed E-state index contributed by atoms with van der Waals surface area (Å²) < 4.78 is 11.0. The second-order valence-corrected chi connectivity index (χ2v) is 5.28. The Hall–Kier alpha value is -0.910. The Balaban J connectivity index is 1.86. The SMILES string of the molecule is CNC(CO)CCSc1ccc2c(c1)OCCO2. The van der Waals surface area contributed by atoms with Crippen molar-refractivity contribution in [2.24, 2.45) is 0 Å². The molecule has 0 bridgehead atoms. The molecule has 5 heteroatoms. The molecule has 2 rings (SSSR count). The van der Waals surface area contributed by atoms with Crippen molar-refractivity contribution >= 4 is 11.8 Å². The van der Waals surface area contributed by atoms with E-state index in [0.29, 0.717) is 13.2 Å². The van der Waals surface area contributed by atoms with Crippen LogP contribution in [0.4, 0.5) is 0 Å². The van der Waals surface area contributed by atoms with Crippen molar-refractivity contribution < 1.29 is 14.6 Å². The summed E-state index contributed by atoms with van der Waals surface area (Å²) in [6.07, 6.45) is 0.937. The van der Waals surface area contributed by atoms with Crippen molar-refractivity contribution in [2.75, 3.05) is 32.6 Å². The van der Waals surface area contributed by atoms with E-state index in [-0.39, 0.29) is 12.6 Å². The summed E-state index contributed by atoms with van der Waals surface area (Å²) in [7, 11) is 1.87. The number of aliphatic hydroxyl groups excluding tert-OH is 1. The van der Waals surface area contributed by atoms with Crippen molar-refractivity contribution in [2.45, 2.75) is 17.4 Å². The van der Waals surface area contributed by atoms with Gasteiger partial charge in [-0.1, -0.05) is 0 Å². The smallest absolute Gasteiger partial charge is 0.162 e. The molecular weight excluding hydrogens is 250 g/mol. The van der Waals surface area contributed by atoms with E-state index >= 15 is 0 Å². The summed E-state index contributed by atoms with van der Waals surface area (Å²) in [5.41, 5.74) is 0. The van der Waals surface area contributed by atoms with E-state index in [1.807, 2.05) is 25.2 Å². The van der Waals surface area contributed by atoms with Crippen LogP contribution in [0.1, 0.15) is 6.42 Å². The van der Waals surface area contributed by atoms with E-state index in [0.717, 1.165) is 23.7 Å². The fraction of sp³-hybridized carbons (Fsp3) is 0.538. The Morgan fingerprint density at radius 3 is 2.83 bits per heavy atom. The highest BCUT2D eigenvalue weighted by atomic mass is 32.2. The topological polar surface area (TPSA) is 50.7 Å². The van der Waals surface area contributed by atoms with Gasteiger partial charge in [-0.3, -0.25) is 0 Å². The van der Waals surface area contributed by atoms with Crippen molar-refractivity contribution in [1.82, 2.24) is 5.32 Å². The van der Waals surface area contributed by atoms with Crippen LogP contribution >= 0.6 is 11.8 Å². The maximum Gasteiger partial charge on any atom is 0.162 e. The Morgan fingerprint density at radius 2 is 2.11 bits per heavy atom. The van der Waals surface area contributed by atoms with Crippen molar-refractivity contribution in [1.29, 1.82) is 0 Å². The standard InChI is InChI=1S/C13H19NO3S/c1-14-10(9-15)4-7-18-11-2-3-12-13(8-11)17-6-5-16-12/h2-3,8,10,14-15H,4-7,9H2,1H3. The largest absolute Gasteiger partial charge is 0.486 e.